The fourth-order valence-corrected chi connectivity index (χ4v) is 1.29. The molecule has 0 fully saturated rings. The highest BCUT2D eigenvalue weighted by molar-refractivity contribution is 6.31. The molecule has 16 heavy (non-hydrogen) atoms. The molecule has 0 radical (unpaired) electrons. The van der Waals surface area contributed by atoms with Gasteiger partial charge in [-0.05, 0) is 18.2 Å². The quantitative estimate of drug-likeness (QED) is 0.786. The topological polar surface area (TPSA) is 75.6 Å². The number of carbonyl (C=O) groups excluding carboxylic acids is 1. The number of hydrogen-bond donors (Lipinski definition) is 2. The second-order valence-corrected chi connectivity index (χ2v) is 3.37. The van der Waals surface area contributed by atoms with Gasteiger partial charge in [0.15, 0.2) is 0 Å². The van der Waals surface area contributed by atoms with Crippen molar-refractivity contribution in [3.05, 3.63) is 28.8 Å². The van der Waals surface area contributed by atoms with Crippen LogP contribution < -0.4 is 5.32 Å². The molecule has 86 valence electrons. The van der Waals surface area contributed by atoms with Crippen molar-refractivity contribution in [2.24, 2.45) is 0 Å². The van der Waals surface area contributed by atoms with E-state index in [-0.39, 0.29) is 12.1 Å². The predicted molar refractivity (Wildman–Crippen MR) is 58.9 cm³/mol. The van der Waals surface area contributed by atoms with Gasteiger partial charge in [-0.2, -0.15) is 0 Å². The predicted octanol–water partition coefficient (Wildman–Crippen LogP) is 1.62. The van der Waals surface area contributed by atoms with Crippen LogP contribution in [0.5, 0.6) is 0 Å². The summed E-state index contributed by atoms with van der Waals surface area (Å²) < 4.78 is 4.55. The van der Waals surface area contributed by atoms with E-state index < -0.39 is 11.9 Å². The monoisotopic (exact) mass is 243 g/mol. The number of carboxylic acids is 1. The molecular weight excluding hydrogens is 234 g/mol. The van der Waals surface area contributed by atoms with Gasteiger partial charge in [-0.15, -0.1) is 0 Å². The Balaban J connectivity index is 2.98. The Morgan fingerprint density at radius 3 is 2.75 bits per heavy atom. The molecule has 1 aromatic rings. The molecule has 5 nitrogen and oxygen atoms in total. The van der Waals surface area contributed by atoms with Crippen molar-refractivity contribution < 1.29 is 19.4 Å². The minimum absolute atomic E-state index is 0.205. The van der Waals surface area contributed by atoms with Gasteiger partial charge < -0.3 is 15.2 Å². The maximum Gasteiger partial charge on any atom is 0.340 e. The Labute approximate surface area is 97.0 Å². The van der Waals surface area contributed by atoms with E-state index in [2.05, 4.69) is 10.1 Å². The SMILES string of the molecule is COC(=O)c1cc(Cl)ccc1NCC(=O)O. The number of hydrogen-bond acceptors (Lipinski definition) is 4. The molecule has 0 aliphatic carbocycles. The van der Waals surface area contributed by atoms with Gasteiger partial charge in [0.2, 0.25) is 0 Å². The second kappa shape index (κ2) is 5.37. The smallest absolute Gasteiger partial charge is 0.340 e. The highest BCUT2D eigenvalue weighted by atomic mass is 35.5. The number of esters is 1. The third-order valence-corrected chi connectivity index (χ3v) is 2.05. The molecule has 0 amide bonds. The lowest BCUT2D eigenvalue weighted by atomic mass is 10.2. The van der Waals surface area contributed by atoms with Gasteiger partial charge in [-0.1, -0.05) is 11.6 Å². The number of aliphatic carboxylic acids is 1. The van der Waals surface area contributed by atoms with Crippen LogP contribution in [-0.2, 0) is 9.53 Å². The molecule has 0 bridgehead atoms. The van der Waals surface area contributed by atoms with E-state index in [9.17, 15) is 9.59 Å². The van der Waals surface area contributed by atoms with Crippen molar-refractivity contribution in [3.63, 3.8) is 0 Å². The lowest BCUT2D eigenvalue weighted by molar-refractivity contribution is -0.134. The minimum Gasteiger partial charge on any atom is -0.480 e. The minimum atomic E-state index is -1.02. The lowest BCUT2D eigenvalue weighted by Gasteiger charge is -2.09. The zero-order valence-electron chi connectivity index (χ0n) is 8.49. The van der Waals surface area contributed by atoms with Crippen LogP contribution in [0.25, 0.3) is 0 Å². The maximum absolute atomic E-state index is 11.4. The number of nitrogens with one attached hydrogen (secondary N) is 1. The molecule has 0 unspecified atom stereocenters. The van der Waals surface area contributed by atoms with Crippen LogP contribution in [0, 0.1) is 0 Å². The van der Waals surface area contributed by atoms with Crippen molar-refractivity contribution >= 4 is 29.2 Å². The van der Waals surface area contributed by atoms with Crippen molar-refractivity contribution in [2.75, 3.05) is 19.0 Å². The van der Waals surface area contributed by atoms with Crippen LogP contribution in [0.1, 0.15) is 10.4 Å². The first-order chi connectivity index (χ1) is 7.54. The van der Waals surface area contributed by atoms with Crippen LogP contribution in [0.3, 0.4) is 0 Å². The zero-order chi connectivity index (χ0) is 12.1. The second-order valence-electron chi connectivity index (χ2n) is 2.93. The summed E-state index contributed by atoms with van der Waals surface area (Å²) in [5, 5.41) is 11.5. The number of halogens is 1. The highest BCUT2D eigenvalue weighted by Crippen LogP contribution is 2.21. The third-order valence-electron chi connectivity index (χ3n) is 1.82. The van der Waals surface area contributed by atoms with E-state index in [1.807, 2.05) is 0 Å². The van der Waals surface area contributed by atoms with E-state index in [0.29, 0.717) is 10.7 Å². The maximum atomic E-state index is 11.4. The van der Waals surface area contributed by atoms with Crippen molar-refractivity contribution in [3.8, 4) is 0 Å². The molecule has 0 atom stereocenters. The first-order valence-electron chi connectivity index (χ1n) is 4.38. The van der Waals surface area contributed by atoms with Crippen molar-refractivity contribution in [1.82, 2.24) is 0 Å². The molecular formula is C10H10ClNO4. The first kappa shape index (κ1) is 12.3. The Morgan fingerprint density at radius 1 is 1.50 bits per heavy atom. The fraction of sp³-hybridized carbons (Fsp3) is 0.200. The number of anilines is 1. The summed E-state index contributed by atoms with van der Waals surface area (Å²) in [4.78, 5) is 21.7. The van der Waals surface area contributed by atoms with E-state index in [1.165, 1.54) is 19.2 Å². The molecule has 1 rings (SSSR count). The van der Waals surface area contributed by atoms with Gasteiger partial charge in [0, 0.05) is 10.7 Å². The number of carboxylic acid groups (broad SMARTS) is 1. The van der Waals surface area contributed by atoms with E-state index in [4.69, 9.17) is 16.7 Å². The molecule has 6 heteroatoms. The lowest BCUT2D eigenvalue weighted by Crippen LogP contribution is -2.15. The zero-order valence-corrected chi connectivity index (χ0v) is 9.25. The van der Waals surface area contributed by atoms with Crippen LogP contribution in [0.2, 0.25) is 5.02 Å². The molecule has 2 N–H and O–H groups in total. The third kappa shape index (κ3) is 3.13. The molecule has 0 heterocycles. The summed E-state index contributed by atoms with van der Waals surface area (Å²) in [5.41, 5.74) is 0.579. The van der Waals surface area contributed by atoms with Crippen LogP contribution in [0.4, 0.5) is 5.69 Å². The van der Waals surface area contributed by atoms with Gasteiger partial charge in [0.25, 0.3) is 0 Å². The van der Waals surface area contributed by atoms with Gasteiger partial charge >= 0.3 is 11.9 Å². The Morgan fingerprint density at radius 2 is 2.19 bits per heavy atom. The van der Waals surface area contributed by atoms with Gasteiger partial charge in [0.05, 0.1) is 12.7 Å². The molecule has 1 aromatic carbocycles. The van der Waals surface area contributed by atoms with Crippen LogP contribution in [0.15, 0.2) is 18.2 Å². The van der Waals surface area contributed by atoms with E-state index in [1.54, 1.807) is 6.07 Å². The number of benzene rings is 1. The molecule has 0 aromatic heterocycles. The van der Waals surface area contributed by atoms with Crippen LogP contribution >= 0.6 is 11.6 Å². The highest BCUT2D eigenvalue weighted by Gasteiger charge is 2.12. The van der Waals surface area contributed by atoms with E-state index in [0.717, 1.165) is 0 Å². The van der Waals surface area contributed by atoms with Gasteiger partial charge in [-0.25, -0.2) is 4.79 Å². The summed E-state index contributed by atoms with van der Waals surface area (Å²) in [5.74, 6) is -1.60. The Kier molecular flexibility index (Phi) is 4.13. The average Bonchev–Trinajstić information content (AvgIpc) is 2.26. The van der Waals surface area contributed by atoms with Crippen molar-refractivity contribution in [2.45, 2.75) is 0 Å². The number of methoxy groups -OCH3 is 1. The van der Waals surface area contributed by atoms with Gasteiger partial charge in [-0.3, -0.25) is 4.79 Å². The van der Waals surface area contributed by atoms with Crippen molar-refractivity contribution in [1.29, 1.82) is 0 Å². The Bertz CT molecular complexity index is 419. The first-order valence-corrected chi connectivity index (χ1v) is 4.76. The normalized spacial score (nSPS) is 9.62. The Hall–Kier alpha value is -1.75. The van der Waals surface area contributed by atoms with Crippen LogP contribution in [-0.4, -0.2) is 30.7 Å². The summed E-state index contributed by atoms with van der Waals surface area (Å²) in [6, 6.07) is 4.49. The summed E-state index contributed by atoms with van der Waals surface area (Å²) in [6.07, 6.45) is 0. The van der Waals surface area contributed by atoms with E-state index >= 15 is 0 Å². The molecule has 0 saturated heterocycles. The summed E-state index contributed by atoms with van der Waals surface area (Å²) in [7, 11) is 1.24. The largest absolute Gasteiger partial charge is 0.480 e. The summed E-state index contributed by atoms with van der Waals surface area (Å²) in [6.45, 7) is -0.286. The molecule has 0 aliphatic heterocycles. The van der Waals surface area contributed by atoms with Gasteiger partial charge in [0.1, 0.15) is 6.54 Å². The molecule has 0 aliphatic rings. The fourth-order valence-electron chi connectivity index (χ4n) is 1.12. The number of carbonyl (C=O) groups is 2. The number of rotatable bonds is 4. The standard InChI is InChI=1S/C10H10ClNO4/c1-16-10(15)7-4-6(11)2-3-8(7)12-5-9(13)14/h2-4,12H,5H2,1H3,(H,13,14). The molecule has 0 saturated carbocycles. The summed E-state index contributed by atoms with van der Waals surface area (Å²) >= 11 is 5.73. The number of ether oxygens (including phenoxy) is 1. The average molecular weight is 244 g/mol. The molecule has 0 spiro atoms.